The van der Waals surface area contributed by atoms with E-state index in [4.69, 9.17) is 0 Å². The number of benzene rings is 1. The Bertz CT molecular complexity index is 1100. The summed E-state index contributed by atoms with van der Waals surface area (Å²) in [4.78, 5) is 13.5. The molecule has 4 aromatic rings. The van der Waals surface area contributed by atoms with Crippen molar-refractivity contribution in [1.29, 1.82) is 0 Å². The Balaban J connectivity index is 1.85. The number of fused-ring (bicyclic) bond motifs is 1. The minimum Gasteiger partial charge on any atom is -0.340 e. The van der Waals surface area contributed by atoms with Crippen LogP contribution in [0.25, 0.3) is 17.2 Å². The minimum atomic E-state index is 0.285. The molecule has 3 heterocycles. The third-order valence-electron chi connectivity index (χ3n) is 4.49. The summed E-state index contributed by atoms with van der Waals surface area (Å²) < 4.78 is 1.76. The van der Waals surface area contributed by atoms with Crippen molar-refractivity contribution in [2.45, 2.75) is 33.6 Å². The number of hydrogen-bond donors (Lipinski definition) is 1. The summed E-state index contributed by atoms with van der Waals surface area (Å²) in [6.07, 6.45) is 3.50. The topological polar surface area (TPSA) is 68.0 Å². The number of nitrogens with zero attached hydrogens (tertiary/aromatic N) is 5. The number of aryl methyl sites for hydroxylation is 2. The monoisotopic (exact) mass is 358 g/mol. The van der Waals surface area contributed by atoms with E-state index < -0.39 is 0 Å². The molecule has 0 amide bonds. The van der Waals surface area contributed by atoms with Crippen molar-refractivity contribution in [2.75, 3.05) is 5.32 Å². The van der Waals surface area contributed by atoms with E-state index in [-0.39, 0.29) is 5.92 Å². The SMILES string of the molecule is Cc1ccc(Nc2cc(C(C)C)nc3nc(-c4cccnc4)nn23)c(C)c1. The second kappa shape index (κ2) is 6.79. The molecular weight excluding hydrogens is 336 g/mol. The molecular formula is C21H22N6. The smallest absolute Gasteiger partial charge is 0.254 e. The fraction of sp³-hybridized carbons (Fsp3) is 0.238. The average molecular weight is 358 g/mol. The molecule has 6 nitrogen and oxygen atoms in total. The van der Waals surface area contributed by atoms with Gasteiger partial charge < -0.3 is 5.32 Å². The zero-order valence-corrected chi connectivity index (χ0v) is 15.9. The summed E-state index contributed by atoms with van der Waals surface area (Å²) >= 11 is 0. The van der Waals surface area contributed by atoms with Crippen LogP contribution in [0.4, 0.5) is 11.5 Å². The van der Waals surface area contributed by atoms with Gasteiger partial charge >= 0.3 is 0 Å². The number of nitrogens with one attached hydrogen (secondary N) is 1. The molecule has 3 aromatic heterocycles. The lowest BCUT2D eigenvalue weighted by Gasteiger charge is -2.13. The van der Waals surface area contributed by atoms with Crippen molar-refractivity contribution < 1.29 is 0 Å². The van der Waals surface area contributed by atoms with E-state index >= 15 is 0 Å². The molecule has 1 aromatic carbocycles. The van der Waals surface area contributed by atoms with Gasteiger partial charge in [-0.25, -0.2) is 4.98 Å². The number of anilines is 2. The number of rotatable bonds is 4. The second-order valence-electron chi connectivity index (χ2n) is 7.05. The van der Waals surface area contributed by atoms with Crippen LogP contribution in [0, 0.1) is 13.8 Å². The largest absolute Gasteiger partial charge is 0.340 e. The molecule has 0 fully saturated rings. The summed E-state index contributed by atoms with van der Waals surface area (Å²) in [5.41, 5.74) is 5.30. The van der Waals surface area contributed by atoms with Gasteiger partial charge in [-0.15, -0.1) is 5.10 Å². The normalized spacial score (nSPS) is 11.3. The first-order valence-electron chi connectivity index (χ1n) is 9.03. The molecule has 0 saturated heterocycles. The minimum absolute atomic E-state index is 0.285. The lowest BCUT2D eigenvalue weighted by molar-refractivity contribution is 0.809. The summed E-state index contributed by atoms with van der Waals surface area (Å²) in [5.74, 6) is 2.32. The van der Waals surface area contributed by atoms with Crippen LogP contribution in [-0.4, -0.2) is 24.6 Å². The number of pyridine rings is 1. The van der Waals surface area contributed by atoms with E-state index in [2.05, 4.69) is 71.3 Å². The zero-order valence-electron chi connectivity index (χ0n) is 15.9. The van der Waals surface area contributed by atoms with Crippen molar-refractivity contribution in [1.82, 2.24) is 24.6 Å². The molecule has 136 valence electrons. The maximum Gasteiger partial charge on any atom is 0.254 e. The van der Waals surface area contributed by atoms with Gasteiger partial charge in [-0.1, -0.05) is 31.5 Å². The lowest BCUT2D eigenvalue weighted by Crippen LogP contribution is -2.06. The van der Waals surface area contributed by atoms with Crippen LogP contribution < -0.4 is 5.32 Å². The van der Waals surface area contributed by atoms with Gasteiger partial charge in [0, 0.05) is 29.7 Å². The summed E-state index contributed by atoms with van der Waals surface area (Å²) in [6, 6.07) is 12.2. The second-order valence-corrected chi connectivity index (χ2v) is 7.05. The van der Waals surface area contributed by atoms with E-state index in [0.717, 1.165) is 22.8 Å². The average Bonchev–Trinajstić information content (AvgIpc) is 3.09. The predicted octanol–water partition coefficient (Wildman–Crippen LogP) is 4.67. The van der Waals surface area contributed by atoms with Gasteiger partial charge in [-0.05, 0) is 43.5 Å². The highest BCUT2D eigenvalue weighted by Crippen LogP contribution is 2.25. The van der Waals surface area contributed by atoms with Crippen LogP contribution in [-0.2, 0) is 0 Å². The number of hydrogen-bond acceptors (Lipinski definition) is 5. The Hall–Kier alpha value is -3.28. The van der Waals surface area contributed by atoms with Gasteiger partial charge in [-0.3, -0.25) is 4.98 Å². The first-order valence-corrected chi connectivity index (χ1v) is 9.03. The molecule has 4 rings (SSSR count). The standard InChI is InChI=1S/C21H22N6/c1-13(2)18-11-19(23-17-8-7-14(3)10-15(17)4)27-21(24-18)25-20(26-27)16-6-5-9-22-12-16/h5-13,23H,1-4H3. The van der Waals surface area contributed by atoms with Crippen LogP contribution in [0.15, 0.2) is 48.8 Å². The molecule has 0 saturated carbocycles. The molecule has 0 aliphatic heterocycles. The number of aromatic nitrogens is 5. The quantitative estimate of drug-likeness (QED) is 0.574. The van der Waals surface area contributed by atoms with Gasteiger partial charge in [0.05, 0.1) is 5.69 Å². The van der Waals surface area contributed by atoms with Crippen molar-refractivity contribution in [3.8, 4) is 11.4 Å². The van der Waals surface area contributed by atoms with Crippen molar-refractivity contribution in [3.63, 3.8) is 0 Å². The Morgan fingerprint density at radius 2 is 1.89 bits per heavy atom. The van der Waals surface area contributed by atoms with Crippen LogP contribution >= 0.6 is 0 Å². The van der Waals surface area contributed by atoms with Crippen LogP contribution in [0.2, 0.25) is 0 Å². The first kappa shape index (κ1) is 17.1. The molecule has 1 N–H and O–H groups in total. The summed E-state index contributed by atoms with van der Waals surface area (Å²) in [5, 5.41) is 8.17. The Morgan fingerprint density at radius 3 is 2.59 bits per heavy atom. The molecule has 0 bridgehead atoms. The molecule has 0 unspecified atom stereocenters. The van der Waals surface area contributed by atoms with Crippen LogP contribution in [0.1, 0.15) is 36.6 Å². The van der Waals surface area contributed by atoms with Crippen molar-refractivity contribution >= 4 is 17.3 Å². The lowest BCUT2D eigenvalue weighted by atomic mass is 10.1. The maximum absolute atomic E-state index is 4.69. The third-order valence-corrected chi connectivity index (χ3v) is 4.49. The molecule has 0 aliphatic carbocycles. The maximum atomic E-state index is 4.69. The molecule has 27 heavy (non-hydrogen) atoms. The van der Waals surface area contributed by atoms with E-state index in [1.165, 1.54) is 11.1 Å². The third kappa shape index (κ3) is 3.38. The fourth-order valence-electron chi connectivity index (χ4n) is 2.98. The van der Waals surface area contributed by atoms with Gasteiger partial charge in [0.15, 0.2) is 5.82 Å². The fourth-order valence-corrected chi connectivity index (χ4v) is 2.98. The Labute approximate surface area is 158 Å². The summed E-state index contributed by atoms with van der Waals surface area (Å²) in [7, 11) is 0. The van der Waals surface area contributed by atoms with E-state index in [1.807, 2.05) is 18.2 Å². The van der Waals surface area contributed by atoms with E-state index in [9.17, 15) is 0 Å². The molecule has 6 heteroatoms. The Kier molecular flexibility index (Phi) is 4.32. The molecule has 0 radical (unpaired) electrons. The predicted molar refractivity (Wildman–Crippen MR) is 107 cm³/mol. The van der Waals surface area contributed by atoms with Crippen molar-refractivity contribution in [3.05, 3.63) is 65.6 Å². The zero-order chi connectivity index (χ0) is 19.0. The highest BCUT2D eigenvalue weighted by molar-refractivity contribution is 5.64. The molecule has 0 atom stereocenters. The van der Waals surface area contributed by atoms with E-state index in [0.29, 0.717) is 11.6 Å². The van der Waals surface area contributed by atoms with Crippen molar-refractivity contribution in [2.24, 2.45) is 0 Å². The van der Waals surface area contributed by atoms with Crippen LogP contribution in [0.5, 0.6) is 0 Å². The first-order chi connectivity index (χ1) is 13.0. The molecule has 0 aliphatic rings. The van der Waals surface area contributed by atoms with Crippen LogP contribution in [0.3, 0.4) is 0 Å². The summed E-state index contributed by atoms with van der Waals surface area (Å²) in [6.45, 7) is 8.44. The van der Waals surface area contributed by atoms with Gasteiger partial charge in [-0.2, -0.15) is 9.50 Å². The highest BCUT2D eigenvalue weighted by atomic mass is 15.4. The highest BCUT2D eigenvalue weighted by Gasteiger charge is 2.15. The van der Waals surface area contributed by atoms with Gasteiger partial charge in [0.1, 0.15) is 5.82 Å². The molecule has 0 spiro atoms. The van der Waals surface area contributed by atoms with Gasteiger partial charge in [0.2, 0.25) is 0 Å². The van der Waals surface area contributed by atoms with E-state index in [1.54, 1.807) is 16.9 Å². The Morgan fingerprint density at radius 1 is 1.04 bits per heavy atom. The van der Waals surface area contributed by atoms with Gasteiger partial charge in [0.25, 0.3) is 5.78 Å².